The highest BCUT2D eigenvalue weighted by molar-refractivity contribution is 5.89. The van der Waals surface area contributed by atoms with Crippen LogP contribution in [-0.4, -0.2) is 4.98 Å². The molecular formula is C23H16F2N2. The molecule has 0 radical (unpaired) electrons. The topological polar surface area (TPSA) is 38.9 Å². The van der Waals surface area contributed by atoms with Crippen LogP contribution in [0.1, 0.15) is 0 Å². The van der Waals surface area contributed by atoms with Crippen LogP contribution in [0.15, 0.2) is 84.9 Å². The third kappa shape index (κ3) is 3.42. The molecular weight excluding hydrogens is 342 g/mol. The summed E-state index contributed by atoms with van der Waals surface area (Å²) in [5.41, 5.74) is 11.1. The highest BCUT2D eigenvalue weighted by Crippen LogP contribution is 2.36. The number of halogens is 2. The van der Waals surface area contributed by atoms with Gasteiger partial charge in [0.05, 0.1) is 17.1 Å². The number of anilines is 1. The largest absolute Gasteiger partial charge is 0.396 e. The van der Waals surface area contributed by atoms with Gasteiger partial charge in [0.25, 0.3) is 0 Å². The molecule has 0 atom stereocenters. The van der Waals surface area contributed by atoms with E-state index in [0.29, 0.717) is 28.2 Å². The average Bonchev–Trinajstić information content (AvgIpc) is 2.69. The van der Waals surface area contributed by atoms with E-state index in [1.165, 1.54) is 24.3 Å². The minimum absolute atomic E-state index is 0.317. The molecule has 3 aromatic carbocycles. The highest BCUT2D eigenvalue weighted by Gasteiger charge is 2.15. The van der Waals surface area contributed by atoms with Gasteiger partial charge in [-0.15, -0.1) is 0 Å². The number of rotatable bonds is 3. The second-order valence-electron chi connectivity index (χ2n) is 6.20. The number of benzene rings is 3. The Morgan fingerprint density at radius 2 is 1.33 bits per heavy atom. The summed E-state index contributed by atoms with van der Waals surface area (Å²) >= 11 is 0. The van der Waals surface area contributed by atoms with Gasteiger partial charge >= 0.3 is 0 Å². The molecule has 0 aliphatic rings. The van der Waals surface area contributed by atoms with Gasteiger partial charge in [0.15, 0.2) is 0 Å². The van der Waals surface area contributed by atoms with Gasteiger partial charge in [0.1, 0.15) is 11.6 Å². The molecule has 27 heavy (non-hydrogen) atoms. The van der Waals surface area contributed by atoms with E-state index in [1.54, 1.807) is 24.3 Å². The monoisotopic (exact) mass is 358 g/mol. The number of nitrogens with two attached hydrogens (primary N) is 1. The van der Waals surface area contributed by atoms with Crippen LogP contribution < -0.4 is 5.73 Å². The first-order valence-electron chi connectivity index (χ1n) is 8.49. The number of hydrogen-bond acceptors (Lipinski definition) is 2. The Hall–Kier alpha value is -3.53. The molecule has 0 aliphatic heterocycles. The van der Waals surface area contributed by atoms with Crippen LogP contribution in [0.4, 0.5) is 14.5 Å². The van der Waals surface area contributed by atoms with Gasteiger partial charge in [0, 0.05) is 16.7 Å². The zero-order valence-corrected chi connectivity index (χ0v) is 14.4. The Morgan fingerprint density at radius 1 is 0.630 bits per heavy atom. The summed E-state index contributed by atoms with van der Waals surface area (Å²) in [6, 6.07) is 23.7. The molecule has 0 bridgehead atoms. The van der Waals surface area contributed by atoms with Crippen LogP contribution in [0.25, 0.3) is 33.6 Å². The third-order valence-corrected chi connectivity index (χ3v) is 4.38. The Bertz CT molecular complexity index is 1090. The lowest BCUT2D eigenvalue weighted by atomic mass is 9.97. The summed E-state index contributed by atoms with van der Waals surface area (Å²) in [5.74, 6) is -0.656. The lowest BCUT2D eigenvalue weighted by molar-refractivity contribution is 0.627. The first-order chi connectivity index (χ1) is 13.1. The standard InChI is InChI=1S/C23H16F2N2/c24-18-11-9-15(10-12-18)21-14-20(17-7-4-8-19(25)13-17)22(26)23(27-21)16-5-2-1-3-6-16/h1-14H,26H2. The van der Waals surface area contributed by atoms with E-state index in [0.717, 1.165) is 11.1 Å². The lowest BCUT2D eigenvalue weighted by Gasteiger charge is -2.14. The molecule has 0 fully saturated rings. The third-order valence-electron chi connectivity index (χ3n) is 4.38. The minimum Gasteiger partial charge on any atom is -0.396 e. The molecule has 4 heteroatoms. The van der Waals surface area contributed by atoms with Crippen LogP contribution in [0.5, 0.6) is 0 Å². The summed E-state index contributed by atoms with van der Waals surface area (Å²) in [6.07, 6.45) is 0. The molecule has 1 aromatic heterocycles. The smallest absolute Gasteiger partial charge is 0.123 e. The van der Waals surface area contributed by atoms with Gasteiger partial charge in [-0.2, -0.15) is 0 Å². The first kappa shape index (κ1) is 16.9. The van der Waals surface area contributed by atoms with Crippen LogP contribution in [0.2, 0.25) is 0 Å². The number of hydrogen-bond donors (Lipinski definition) is 1. The van der Waals surface area contributed by atoms with E-state index >= 15 is 0 Å². The SMILES string of the molecule is Nc1c(-c2cccc(F)c2)cc(-c2ccc(F)cc2)nc1-c1ccccc1. The van der Waals surface area contributed by atoms with Crippen molar-refractivity contribution in [3.8, 4) is 33.6 Å². The molecule has 0 spiro atoms. The number of aromatic nitrogens is 1. The molecule has 1 heterocycles. The fraction of sp³-hybridized carbons (Fsp3) is 0. The molecule has 0 unspecified atom stereocenters. The molecule has 0 saturated heterocycles. The van der Waals surface area contributed by atoms with Gasteiger partial charge in [-0.25, -0.2) is 13.8 Å². The van der Waals surface area contributed by atoms with Crippen molar-refractivity contribution >= 4 is 5.69 Å². The molecule has 0 aliphatic carbocycles. The lowest BCUT2D eigenvalue weighted by Crippen LogP contribution is -1.99. The Kier molecular flexibility index (Phi) is 4.38. The predicted molar refractivity (Wildman–Crippen MR) is 105 cm³/mol. The second kappa shape index (κ2) is 7.00. The molecule has 132 valence electrons. The van der Waals surface area contributed by atoms with Crippen molar-refractivity contribution in [2.45, 2.75) is 0 Å². The van der Waals surface area contributed by atoms with Crippen LogP contribution in [-0.2, 0) is 0 Å². The van der Waals surface area contributed by atoms with Crippen molar-refractivity contribution in [3.05, 3.63) is 96.6 Å². The predicted octanol–water partition coefficient (Wildman–Crippen LogP) is 5.94. The molecule has 0 saturated carbocycles. The van der Waals surface area contributed by atoms with Gasteiger partial charge in [-0.3, -0.25) is 0 Å². The molecule has 0 amide bonds. The van der Waals surface area contributed by atoms with E-state index in [9.17, 15) is 8.78 Å². The summed E-state index contributed by atoms with van der Waals surface area (Å²) in [4.78, 5) is 4.71. The van der Waals surface area contributed by atoms with Crippen molar-refractivity contribution in [1.82, 2.24) is 4.98 Å². The van der Waals surface area contributed by atoms with Gasteiger partial charge in [-0.05, 0) is 48.0 Å². The van der Waals surface area contributed by atoms with Crippen molar-refractivity contribution in [1.29, 1.82) is 0 Å². The molecule has 4 aromatic rings. The number of nitrogen functional groups attached to an aromatic ring is 1. The summed E-state index contributed by atoms with van der Waals surface area (Å²) < 4.78 is 27.1. The molecule has 2 N–H and O–H groups in total. The first-order valence-corrected chi connectivity index (χ1v) is 8.49. The van der Waals surface area contributed by atoms with Crippen molar-refractivity contribution in [2.24, 2.45) is 0 Å². The summed E-state index contributed by atoms with van der Waals surface area (Å²) in [7, 11) is 0. The molecule has 4 rings (SSSR count). The van der Waals surface area contributed by atoms with Crippen molar-refractivity contribution in [3.63, 3.8) is 0 Å². The Labute approximate surface area is 155 Å². The average molecular weight is 358 g/mol. The summed E-state index contributed by atoms with van der Waals surface area (Å²) in [5, 5.41) is 0. The zero-order chi connectivity index (χ0) is 18.8. The summed E-state index contributed by atoms with van der Waals surface area (Å²) in [6.45, 7) is 0. The van der Waals surface area contributed by atoms with Crippen molar-refractivity contribution in [2.75, 3.05) is 5.73 Å². The van der Waals surface area contributed by atoms with Crippen LogP contribution >= 0.6 is 0 Å². The van der Waals surface area contributed by atoms with E-state index in [-0.39, 0.29) is 11.6 Å². The normalized spacial score (nSPS) is 10.7. The number of pyridine rings is 1. The fourth-order valence-corrected chi connectivity index (χ4v) is 3.03. The Balaban J connectivity index is 1.97. The van der Waals surface area contributed by atoms with Crippen LogP contribution in [0, 0.1) is 11.6 Å². The Morgan fingerprint density at radius 3 is 2.04 bits per heavy atom. The fourth-order valence-electron chi connectivity index (χ4n) is 3.03. The number of nitrogens with zero attached hydrogens (tertiary/aromatic N) is 1. The van der Waals surface area contributed by atoms with Crippen LogP contribution in [0.3, 0.4) is 0 Å². The maximum Gasteiger partial charge on any atom is 0.123 e. The van der Waals surface area contributed by atoms with Crippen molar-refractivity contribution < 1.29 is 8.78 Å². The van der Waals surface area contributed by atoms with Gasteiger partial charge in [0.2, 0.25) is 0 Å². The minimum atomic E-state index is -0.340. The van der Waals surface area contributed by atoms with E-state index in [1.807, 2.05) is 36.4 Å². The second-order valence-corrected chi connectivity index (χ2v) is 6.20. The molecule has 2 nitrogen and oxygen atoms in total. The van der Waals surface area contributed by atoms with E-state index in [4.69, 9.17) is 10.7 Å². The van der Waals surface area contributed by atoms with Gasteiger partial charge < -0.3 is 5.73 Å². The quantitative estimate of drug-likeness (QED) is 0.492. The highest BCUT2D eigenvalue weighted by atomic mass is 19.1. The zero-order valence-electron chi connectivity index (χ0n) is 14.4. The van der Waals surface area contributed by atoms with E-state index in [2.05, 4.69) is 0 Å². The maximum absolute atomic E-state index is 13.8. The maximum atomic E-state index is 13.8. The van der Waals surface area contributed by atoms with Gasteiger partial charge in [-0.1, -0.05) is 42.5 Å². The van der Waals surface area contributed by atoms with E-state index < -0.39 is 0 Å².